The van der Waals surface area contributed by atoms with Gasteiger partial charge < -0.3 is 15.4 Å². The molecule has 1 fully saturated rings. The van der Waals surface area contributed by atoms with Gasteiger partial charge in [-0.3, -0.25) is 4.79 Å². The summed E-state index contributed by atoms with van der Waals surface area (Å²) in [4.78, 5) is 12.1. The van der Waals surface area contributed by atoms with Crippen LogP contribution in [0.2, 0.25) is 0 Å². The Morgan fingerprint density at radius 3 is 2.78 bits per heavy atom. The van der Waals surface area contributed by atoms with Crippen LogP contribution in [0.25, 0.3) is 0 Å². The number of methoxy groups -OCH3 is 1. The van der Waals surface area contributed by atoms with E-state index in [1.165, 1.54) is 0 Å². The fraction of sp³-hybridized carbons (Fsp3) is 0.529. The quantitative estimate of drug-likeness (QED) is 0.763. The van der Waals surface area contributed by atoms with E-state index in [9.17, 15) is 10.1 Å². The highest BCUT2D eigenvalue weighted by Gasteiger charge is 2.42. The Morgan fingerprint density at radius 2 is 2.26 bits per heavy atom. The molecule has 2 rings (SSSR count). The Kier molecular flexibility index (Phi) is 5.66. The normalized spacial score (nSPS) is 17.7. The third-order valence-electron chi connectivity index (χ3n) is 4.27. The van der Waals surface area contributed by atoms with Crippen molar-refractivity contribution in [3.8, 4) is 11.8 Å². The van der Waals surface area contributed by atoms with Gasteiger partial charge in [-0.25, -0.2) is 0 Å². The highest BCUT2D eigenvalue weighted by atomic mass is 79.9. The molecule has 0 spiro atoms. The number of nitrogens with zero attached hydrogens (tertiary/aromatic N) is 1. The molecule has 0 radical (unpaired) electrons. The maximum absolute atomic E-state index is 12.1. The molecule has 5 nitrogen and oxygen atoms in total. The highest BCUT2D eigenvalue weighted by Crippen LogP contribution is 2.39. The molecule has 1 aliphatic rings. The van der Waals surface area contributed by atoms with E-state index in [1.807, 2.05) is 25.1 Å². The second-order valence-corrected chi connectivity index (χ2v) is 6.99. The maximum atomic E-state index is 12.1. The zero-order valence-electron chi connectivity index (χ0n) is 13.6. The van der Waals surface area contributed by atoms with Crippen molar-refractivity contribution in [1.29, 1.82) is 5.26 Å². The Labute approximate surface area is 145 Å². The minimum atomic E-state index is -0.745. The largest absolute Gasteiger partial charge is 0.496 e. The molecule has 1 amide bonds. The van der Waals surface area contributed by atoms with Crippen LogP contribution in [0, 0.1) is 17.2 Å². The predicted octanol–water partition coefficient (Wildman–Crippen LogP) is 2.92. The molecule has 0 saturated heterocycles. The number of hydrogen-bond donors (Lipinski definition) is 2. The number of ether oxygens (including phenoxy) is 1. The molecule has 2 N–H and O–H groups in total. The van der Waals surface area contributed by atoms with E-state index in [1.54, 1.807) is 14.0 Å². The van der Waals surface area contributed by atoms with E-state index in [0.29, 0.717) is 0 Å². The summed E-state index contributed by atoms with van der Waals surface area (Å²) in [5.74, 6) is 0.903. The lowest BCUT2D eigenvalue weighted by molar-refractivity contribution is -0.121. The molecule has 1 aromatic carbocycles. The van der Waals surface area contributed by atoms with E-state index in [0.717, 1.165) is 28.6 Å². The van der Waals surface area contributed by atoms with Crippen molar-refractivity contribution in [3.63, 3.8) is 0 Å². The number of amides is 1. The van der Waals surface area contributed by atoms with E-state index in [4.69, 9.17) is 4.74 Å². The van der Waals surface area contributed by atoms with E-state index < -0.39 is 5.54 Å². The van der Waals surface area contributed by atoms with Crippen LogP contribution < -0.4 is 15.4 Å². The third-order valence-corrected chi connectivity index (χ3v) is 4.89. The van der Waals surface area contributed by atoms with E-state index in [-0.39, 0.29) is 24.4 Å². The summed E-state index contributed by atoms with van der Waals surface area (Å²) in [6.07, 6.45) is 2.02. The molecule has 0 unspecified atom stereocenters. The number of nitriles is 1. The van der Waals surface area contributed by atoms with Crippen molar-refractivity contribution in [3.05, 3.63) is 28.2 Å². The van der Waals surface area contributed by atoms with Crippen LogP contribution in [0.15, 0.2) is 22.7 Å². The molecule has 23 heavy (non-hydrogen) atoms. The number of hydrogen-bond acceptors (Lipinski definition) is 4. The molecule has 0 bridgehead atoms. The molecule has 2 atom stereocenters. The summed E-state index contributed by atoms with van der Waals surface area (Å²) in [7, 11) is 1.62. The molecule has 0 heterocycles. The second-order valence-electron chi connectivity index (χ2n) is 6.13. The lowest BCUT2D eigenvalue weighted by atomic mass is 9.98. The van der Waals surface area contributed by atoms with Crippen LogP contribution in [0.1, 0.15) is 38.3 Å². The standard InChI is InChI=1S/C17H22BrN3O2/c1-11(12-4-7-15(23-3)14(18)8-12)20-9-16(22)21-17(2,10-19)13-5-6-13/h4,7-8,11,13,20H,5-6,9H2,1-3H3,(H,21,22)/t11-,17-/m0/s1. The smallest absolute Gasteiger partial charge is 0.235 e. The van der Waals surface area contributed by atoms with E-state index >= 15 is 0 Å². The molecule has 124 valence electrons. The van der Waals surface area contributed by atoms with Crippen LogP contribution in [0.4, 0.5) is 0 Å². The molecule has 1 aliphatic carbocycles. The first-order valence-electron chi connectivity index (χ1n) is 7.68. The monoisotopic (exact) mass is 379 g/mol. The Bertz CT molecular complexity index is 625. The van der Waals surface area contributed by atoms with Crippen molar-refractivity contribution in [2.24, 2.45) is 5.92 Å². The summed E-state index contributed by atoms with van der Waals surface area (Å²) in [6.45, 7) is 3.97. The van der Waals surface area contributed by atoms with Gasteiger partial charge >= 0.3 is 0 Å². The van der Waals surface area contributed by atoms with Crippen molar-refractivity contribution in [2.75, 3.05) is 13.7 Å². The van der Waals surface area contributed by atoms with Gasteiger partial charge in [-0.2, -0.15) is 5.26 Å². The Morgan fingerprint density at radius 1 is 1.57 bits per heavy atom. The highest BCUT2D eigenvalue weighted by molar-refractivity contribution is 9.10. The first kappa shape index (κ1) is 17.8. The third kappa shape index (κ3) is 4.46. The summed E-state index contributed by atoms with van der Waals surface area (Å²) in [5, 5.41) is 15.3. The average molecular weight is 380 g/mol. The van der Waals surface area contributed by atoms with Crippen LogP contribution in [-0.4, -0.2) is 25.1 Å². The summed E-state index contributed by atoms with van der Waals surface area (Å²) in [5.41, 5.74) is 0.307. The number of rotatable bonds is 7. The zero-order valence-corrected chi connectivity index (χ0v) is 15.2. The fourth-order valence-corrected chi connectivity index (χ4v) is 3.09. The van der Waals surface area contributed by atoms with Crippen LogP contribution in [-0.2, 0) is 4.79 Å². The number of benzene rings is 1. The van der Waals surface area contributed by atoms with Crippen LogP contribution in [0.3, 0.4) is 0 Å². The van der Waals surface area contributed by atoms with Gasteiger partial charge in [-0.05, 0) is 66.2 Å². The first-order chi connectivity index (χ1) is 10.9. The van der Waals surface area contributed by atoms with Crippen molar-refractivity contribution in [2.45, 2.75) is 38.3 Å². The predicted molar refractivity (Wildman–Crippen MR) is 92.0 cm³/mol. The molecule has 0 aromatic heterocycles. The molecule has 1 aromatic rings. The van der Waals surface area contributed by atoms with Crippen molar-refractivity contribution < 1.29 is 9.53 Å². The Balaban J connectivity index is 1.88. The number of carbonyl (C=O) groups excluding carboxylic acids is 1. The van der Waals surface area contributed by atoms with Crippen molar-refractivity contribution >= 4 is 21.8 Å². The van der Waals surface area contributed by atoms with Gasteiger partial charge in [0.1, 0.15) is 11.3 Å². The first-order valence-corrected chi connectivity index (χ1v) is 8.48. The van der Waals surface area contributed by atoms with Gasteiger partial charge in [0.25, 0.3) is 0 Å². The van der Waals surface area contributed by atoms with Gasteiger partial charge in [-0.15, -0.1) is 0 Å². The van der Waals surface area contributed by atoms with Gasteiger partial charge in [-0.1, -0.05) is 6.07 Å². The van der Waals surface area contributed by atoms with Crippen LogP contribution in [0.5, 0.6) is 5.75 Å². The maximum Gasteiger partial charge on any atom is 0.235 e. The minimum Gasteiger partial charge on any atom is -0.496 e. The molecule has 6 heteroatoms. The molecule has 1 saturated carbocycles. The average Bonchev–Trinajstić information content (AvgIpc) is 3.37. The fourth-order valence-electron chi connectivity index (χ4n) is 2.53. The molecular formula is C17H22BrN3O2. The lowest BCUT2D eigenvalue weighted by Gasteiger charge is -2.23. The molecule has 0 aliphatic heterocycles. The number of nitrogens with one attached hydrogen (secondary N) is 2. The summed E-state index contributed by atoms with van der Waals surface area (Å²) < 4.78 is 6.09. The lowest BCUT2D eigenvalue weighted by Crippen LogP contribution is -2.49. The van der Waals surface area contributed by atoms with Crippen molar-refractivity contribution in [1.82, 2.24) is 10.6 Å². The Hall–Kier alpha value is -1.58. The summed E-state index contributed by atoms with van der Waals surface area (Å²) in [6, 6.07) is 8.06. The SMILES string of the molecule is COc1ccc([C@H](C)NCC(=O)N[C@@](C)(C#N)C2CC2)cc1Br. The van der Waals surface area contributed by atoms with Gasteiger partial charge in [0, 0.05) is 6.04 Å². The molecular weight excluding hydrogens is 358 g/mol. The van der Waals surface area contributed by atoms with Gasteiger partial charge in [0.05, 0.1) is 24.2 Å². The number of halogens is 1. The zero-order chi connectivity index (χ0) is 17.0. The van der Waals surface area contributed by atoms with E-state index in [2.05, 4.69) is 32.6 Å². The number of carbonyl (C=O) groups is 1. The van der Waals surface area contributed by atoms with Gasteiger partial charge in [0.2, 0.25) is 5.91 Å². The summed E-state index contributed by atoms with van der Waals surface area (Å²) >= 11 is 3.46. The van der Waals surface area contributed by atoms with Gasteiger partial charge in [0.15, 0.2) is 0 Å². The topological polar surface area (TPSA) is 74.2 Å². The minimum absolute atomic E-state index is 0.0113. The second kappa shape index (κ2) is 7.33. The van der Waals surface area contributed by atoms with Crippen LogP contribution >= 0.6 is 15.9 Å².